The van der Waals surface area contributed by atoms with Crippen LogP contribution in [0.25, 0.3) is 16.9 Å². The number of aryl methyl sites for hydroxylation is 2. The van der Waals surface area contributed by atoms with Gasteiger partial charge in [-0.05, 0) is 55.3 Å². The van der Waals surface area contributed by atoms with E-state index in [1.165, 1.54) is 11.1 Å². The maximum absolute atomic E-state index is 5.69. The molecule has 0 atom stereocenters. The lowest BCUT2D eigenvalue weighted by Crippen LogP contribution is -1.95. The lowest BCUT2D eigenvalue weighted by Gasteiger charge is -2.02. The number of benzene rings is 2. The highest BCUT2D eigenvalue weighted by molar-refractivity contribution is 5.60. The van der Waals surface area contributed by atoms with E-state index < -0.39 is 0 Å². The third kappa shape index (κ3) is 2.28. The van der Waals surface area contributed by atoms with E-state index in [0.29, 0.717) is 0 Å². The predicted octanol–water partition coefficient (Wildman–Crippen LogP) is 3.13. The summed E-state index contributed by atoms with van der Waals surface area (Å²) in [6, 6.07) is 13.9. The van der Waals surface area contributed by atoms with Crippen molar-refractivity contribution < 1.29 is 0 Å². The van der Waals surface area contributed by atoms with Crippen LogP contribution in [0.15, 0.2) is 48.7 Å². The zero-order chi connectivity index (χ0) is 14.1. The largest absolute Gasteiger partial charge is 0.399 e. The average Bonchev–Trinajstić information content (AvgIpc) is 2.92. The number of hydrogen-bond donors (Lipinski definition) is 1. The molecule has 0 bridgehead atoms. The molecule has 0 unspecified atom stereocenters. The molecule has 1 heterocycles. The fourth-order valence-corrected chi connectivity index (χ4v) is 2.05. The first kappa shape index (κ1) is 12.4. The van der Waals surface area contributed by atoms with E-state index in [9.17, 15) is 0 Å². The third-order valence-electron chi connectivity index (χ3n) is 3.45. The summed E-state index contributed by atoms with van der Waals surface area (Å²) in [4.78, 5) is 0. The minimum atomic E-state index is 0.739. The van der Waals surface area contributed by atoms with E-state index >= 15 is 0 Å². The van der Waals surface area contributed by atoms with Crippen LogP contribution in [0.2, 0.25) is 0 Å². The Hall–Kier alpha value is -2.62. The van der Waals surface area contributed by atoms with Crippen LogP contribution in [-0.4, -0.2) is 15.0 Å². The normalized spacial score (nSPS) is 10.7. The van der Waals surface area contributed by atoms with Crippen molar-refractivity contribution in [2.24, 2.45) is 0 Å². The van der Waals surface area contributed by atoms with Gasteiger partial charge in [-0.1, -0.05) is 17.3 Å². The van der Waals surface area contributed by atoms with Gasteiger partial charge in [0, 0.05) is 11.3 Å². The van der Waals surface area contributed by atoms with Crippen LogP contribution < -0.4 is 5.73 Å². The van der Waals surface area contributed by atoms with E-state index in [-0.39, 0.29) is 0 Å². The summed E-state index contributed by atoms with van der Waals surface area (Å²) in [6.45, 7) is 4.20. The highest BCUT2D eigenvalue weighted by atomic mass is 15.4. The van der Waals surface area contributed by atoms with Gasteiger partial charge in [0.15, 0.2) is 0 Å². The first-order valence-electron chi connectivity index (χ1n) is 6.49. The fourth-order valence-electron chi connectivity index (χ4n) is 2.05. The Balaban J connectivity index is 1.97. The molecule has 0 aliphatic carbocycles. The first-order valence-corrected chi connectivity index (χ1v) is 6.49. The molecule has 0 aliphatic rings. The van der Waals surface area contributed by atoms with Crippen molar-refractivity contribution in [2.45, 2.75) is 13.8 Å². The molecule has 4 heteroatoms. The summed E-state index contributed by atoms with van der Waals surface area (Å²) in [6.07, 6.45) is 1.93. The Morgan fingerprint density at radius 2 is 1.70 bits per heavy atom. The van der Waals surface area contributed by atoms with Gasteiger partial charge in [-0.15, -0.1) is 5.10 Å². The maximum atomic E-state index is 5.69. The molecule has 0 radical (unpaired) electrons. The molecule has 2 aromatic carbocycles. The van der Waals surface area contributed by atoms with Crippen LogP contribution in [0, 0.1) is 13.8 Å². The number of hydrogen-bond acceptors (Lipinski definition) is 3. The predicted molar refractivity (Wildman–Crippen MR) is 80.7 cm³/mol. The Morgan fingerprint density at radius 1 is 0.950 bits per heavy atom. The summed E-state index contributed by atoms with van der Waals surface area (Å²) in [7, 11) is 0. The lowest BCUT2D eigenvalue weighted by molar-refractivity contribution is 0.804. The molecule has 0 fully saturated rings. The van der Waals surface area contributed by atoms with Gasteiger partial charge in [0.25, 0.3) is 0 Å². The molecule has 0 aliphatic heterocycles. The SMILES string of the molecule is Cc1ccc(-c2cn(-c3ccc(N)cc3)nn2)cc1C. The van der Waals surface area contributed by atoms with E-state index in [1.54, 1.807) is 4.68 Å². The zero-order valence-electron chi connectivity index (χ0n) is 11.5. The van der Waals surface area contributed by atoms with Crippen LogP contribution in [0.3, 0.4) is 0 Å². The van der Waals surface area contributed by atoms with Gasteiger partial charge in [-0.3, -0.25) is 0 Å². The molecule has 0 spiro atoms. The molecule has 0 saturated heterocycles. The van der Waals surface area contributed by atoms with Gasteiger partial charge < -0.3 is 5.73 Å². The van der Waals surface area contributed by atoms with Gasteiger partial charge in [0.2, 0.25) is 0 Å². The monoisotopic (exact) mass is 264 g/mol. The van der Waals surface area contributed by atoms with Crippen molar-refractivity contribution in [3.05, 3.63) is 59.8 Å². The van der Waals surface area contributed by atoms with Crippen LogP contribution in [-0.2, 0) is 0 Å². The number of aromatic nitrogens is 3. The number of nitrogen functional groups attached to an aromatic ring is 1. The lowest BCUT2D eigenvalue weighted by atomic mass is 10.0. The van der Waals surface area contributed by atoms with Gasteiger partial charge >= 0.3 is 0 Å². The summed E-state index contributed by atoms with van der Waals surface area (Å²) in [5.74, 6) is 0. The number of nitrogens with zero attached hydrogens (tertiary/aromatic N) is 3. The molecular formula is C16H16N4. The first-order chi connectivity index (χ1) is 9.63. The standard InChI is InChI=1S/C16H16N4/c1-11-3-4-13(9-12(11)2)16-10-20(19-18-16)15-7-5-14(17)6-8-15/h3-10H,17H2,1-2H3. The Kier molecular flexibility index (Phi) is 2.99. The van der Waals surface area contributed by atoms with Crippen LogP contribution in [0.4, 0.5) is 5.69 Å². The van der Waals surface area contributed by atoms with E-state index in [4.69, 9.17) is 5.73 Å². The summed E-state index contributed by atoms with van der Waals surface area (Å²) in [5.41, 5.74) is 11.8. The second-order valence-electron chi connectivity index (χ2n) is 4.94. The van der Waals surface area contributed by atoms with Gasteiger partial charge in [-0.25, -0.2) is 4.68 Å². The van der Waals surface area contributed by atoms with Gasteiger partial charge in [-0.2, -0.15) is 0 Å². The fraction of sp³-hybridized carbons (Fsp3) is 0.125. The molecule has 2 N–H and O–H groups in total. The average molecular weight is 264 g/mol. The zero-order valence-corrected chi connectivity index (χ0v) is 11.5. The van der Waals surface area contributed by atoms with E-state index in [0.717, 1.165) is 22.6 Å². The minimum Gasteiger partial charge on any atom is -0.399 e. The summed E-state index contributed by atoms with van der Waals surface area (Å²) < 4.78 is 1.75. The highest BCUT2D eigenvalue weighted by Crippen LogP contribution is 2.21. The summed E-state index contributed by atoms with van der Waals surface area (Å²) in [5, 5.41) is 8.41. The number of rotatable bonds is 2. The van der Waals surface area contributed by atoms with Crippen molar-refractivity contribution in [3.63, 3.8) is 0 Å². The second kappa shape index (κ2) is 4.81. The van der Waals surface area contributed by atoms with E-state index in [2.05, 4.69) is 42.4 Å². The van der Waals surface area contributed by atoms with Crippen molar-refractivity contribution in [1.82, 2.24) is 15.0 Å². The molecule has 3 rings (SSSR count). The van der Waals surface area contributed by atoms with Crippen LogP contribution in [0.1, 0.15) is 11.1 Å². The van der Waals surface area contributed by atoms with Crippen molar-refractivity contribution in [3.8, 4) is 16.9 Å². The minimum absolute atomic E-state index is 0.739. The number of nitrogens with two attached hydrogens (primary N) is 1. The van der Waals surface area contributed by atoms with E-state index in [1.807, 2.05) is 30.5 Å². The highest BCUT2D eigenvalue weighted by Gasteiger charge is 2.06. The molecule has 3 aromatic rings. The molecule has 1 aromatic heterocycles. The molecule has 0 saturated carbocycles. The van der Waals surface area contributed by atoms with Crippen molar-refractivity contribution in [2.75, 3.05) is 5.73 Å². The molecule has 0 amide bonds. The Labute approximate surface area is 117 Å². The van der Waals surface area contributed by atoms with Gasteiger partial charge in [0.1, 0.15) is 5.69 Å². The molecular weight excluding hydrogens is 248 g/mol. The van der Waals surface area contributed by atoms with Gasteiger partial charge in [0.05, 0.1) is 11.9 Å². The topological polar surface area (TPSA) is 56.7 Å². The smallest absolute Gasteiger partial charge is 0.113 e. The number of anilines is 1. The summed E-state index contributed by atoms with van der Waals surface area (Å²) >= 11 is 0. The second-order valence-corrected chi connectivity index (χ2v) is 4.94. The Morgan fingerprint density at radius 3 is 2.40 bits per heavy atom. The maximum Gasteiger partial charge on any atom is 0.113 e. The third-order valence-corrected chi connectivity index (χ3v) is 3.45. The Bertz CT molecular complexity index is 741. The quantitative estimate of drug-likeness (QED) is 0.723. The van der Waals surface area contributed by atoms with Crippen LogP contribution >= 0.6 is 0 Å². The molecule has 4 nitrogen and oxygen atoms in total. The van der Waals surface area contributed by atoms with Crippen LogP contribution in [0.5, 0.6) is 0 Å². The van der Waals surface area contributed by atoms with Crippen molar-refractivity contribution >= 4 is 5.69 Å². The van der Waals surface area contributed by atoms with Crippen molar-refractivity contribution in [1.29, 1.82) is 0 Å². The molecule has 20 heavy (non-hydrogen) atoms. The molecule has 100 valence electrons.